The van der Waals surface area contributed by atoms with E-state index in [2.05, 4.69) is 65.2 Å². The highest BCUT2D eigenvalue weighted by atomic mass is 127. The van der Waals surface area contributed by atoms with E-state index < -0.39 is 0 Å². The van der Waals surface area contributed by atoms with Gasteiger partial charge in [0.25, 0.3) is 0 Å². The number of imidazole rings is 1. The van der Waals surface area contributed by atoms with Gasteiger partial charge in [-0.25, -0.2) is 4.98 Å². The van der Waals surface area contributed by atoms with Crippen molar-refractivity contribution < 1.29 is 0 Å². The number of halogens is 2. The molecule has 4 nitrogen and oxygen atoms in total. The predicted octanol–water partition coefficient (Wildman–Crippen LogP) is 4.01. The van der Waals surface area contributed by atoms with Crippen LogP contribution in [-0.2, 0) is 13.0 Å². The van der Waals surface area contributed by atoms with E-state index in [-0.39, 0.29) is 0 Å². The minimum atomic E-state index is 0.797. The number of fused-ring (bicyclic) bond motifs is 1. The maximum absolute atomic E-state index is 6.12. The quantitative estimate of drug-likeness (QED) is 0.603. The lowest BCUT2D eigenvalue weighted by molar-refractivity contribution is 0.641. The molecule has 6 heteroatoms. The highest BCUT2D eigenvalue weighted by Crippen LogP contribution is 2.30. The van der Waals surface area contributed by atoms with Gasteiger partial charge in [-0.15, -0.1) is 0 Å². The van der Waals surface area contributed by atoms with Crippen LogP contribution < -0.4 is 5.73 Å². The van der Waals surface area contributed by atoms with Gasteiger partial charge in [0.2, 0.25) is 0 Å². The van der Waals surface area contributed by atoms with Crippen LogP contribution in [0.15, 0.2) is 41.5 Å². The van der Waals surface area contributed by atoms with Crippen LogP contribution in [-0.4, -0.2) is 14.5 Å². The van der Waals surface area contributed by atoms with Crippen molar-refractivity contribution in [3.8, 4) is 0 Å². The summed E-state index contributed by atoms with van der Waals surface area (Å²) in [6.07, 6.45) is 9.50. The third kappa shape index (κ3) is 3.21. The van der Waals surface area contributed by atoms with Gasteiger partial charge >= 0.3 is 0 Å². The van der Waals surface area contributed by atoms with Crippen LogP contribution in [0.3, 0.4) is 0 Å². The summed E-state index contributed by atoms with van der Waals surface area (Å²) < 4.78 is 4.17. The van der Waals surface area contributed by atoms with Crippen LogP contribution in [0, 0.1) is 3.57 Å². The van der Waals surface area contributed by atoms with Crippen molar-refractivity contribution in [2.75, 3.05) is 5.73 Å². The Morgan fingerprint density at radius 2 is 2.19 bits per heavy atom. The van der Waals surface area contributed by atoms with Crippen LogP contribution in [0.25, 0.3) is 10.9 Å². The molecule has 0 bridgehead atoms. The number of benzene rings is 1. The van der Waals surface area contributed by atoms with Crippen molar-refractivity contribution in [3.05, 3.63) is 50.7 Å². The van der Waals surface area contributed by atoms with E-state index in [0.717, 1.165) is 44.0 Å². The van der Waals surface area contributed by atoms with Gasteiger partial charge in [0.05, 0.1) is 21.1 Å². The fraction of sp³-hybridized carbons (Fsp3) is 0.200. The molecule has 0 atom stereocenters. The van der Waals surface area contributed by atoms with Crippen molar-refractivity contribution >= 4 is 55.1 Å². The highest BCUT2D eigenvalue weighted by Gasteiger charge is 2.08. The lowest BCUT2D eigenvalue weighted by Gasteiger charge is -2.09. The van der Waals surface area contributed by atoms with Crippen LogP contribution in [0.4, 0.5) is 5.69 Å². The van der Waals surface area contributed by atoms with E-state index in [1.165, 1.54) is 5.56 Å². The van der Waals surface area contributed by atoms with Gasteiger partial charge in [0.15, 0.2) is 0 Å². The SMILES string of the molecule is Nc1c(I)cnc2cc(CCCn3ccnc3)c(Br)cc12. The average Bonchev–Trinajstić information content (AvgIpc) is 2.98. The van der Waals surface area contributed by atoms with Crippen LogP contribution in [0.5, 0.6) is 0 Å². The molecule has 0 saturated heterocycles. The molecule has 2 aromatic heterocycles. The number of nitrogen functional groups attached to an aromatic ring is 1. The normalized spacial score (nSPS) is 11.1. The molecule has 0 aliphatic heterocycles. The van der Waals surface area contributed by atoms with Gasteiger partial charge in [-0.1, -0.05) is 15.9 Å². The summed E-state index contributed by atoms with van der Waals surface area (Å²) in [7, 11) is 0. The van der Waals surface area contributed by atoms with Crippen molar-refractivity contribution in [1.29, 1.82) is 0 Å². The molecule has 21 heavy (non-hydrogen) atoms. The zero-order valence-electron chi connectivity index (χ0n) is 11.3. The summed E-state index contributed by atoms with van der Waals surface area (Å²) in [6.45, 7) is 0.965. The smallest absolute Gasteiger partial charge is 0.0945 e. The van der Waals surface area contributed by atoms with Gasteiger partial charge in [-0.05, 0) is 53.1 Å². The Morgan fingerprint density at radius 1 is 1.33 bits per heavy atom. The van der Waals surface area contributed by atoms with Crippen molar-refractivity contribution in [3.63, 3.8) is 0 Å². The molecule has 1 aromatic carbocycles. The van der Waals surface area contributed by atoms with Crippen molar-refractivity contribution in [1.82, 2.24) is 14.5 Å². The average molecular weight is 457 g/mol. The first-order valence-electron chi connectivity index (χ1n) is 6.63. The first-order valence-corrected chi connectivity index (χ1v) is 8.50. The van der Waals surface area contributed by atoms with Gasteiger partial charge in [-0.3, -0.25) is 4.98 Å². The number of rotatable bonds is 4. The molecular weight excluding hydrogens is 443 g/mol. The molecule has 0 aliphatic rings. The Morgan fingerprint density at radius 3 is 2.95 bits per heavy atom. The summed E-state index contributed by atoms with van der Waals surface area (Å²) in [5.41, 5.74) is 9.13. The minimum absolute atomic E-state index is 0.797. The van der Waals surface area contributed by atoms with E-state index >= 15 is 0 Å². The number of hydrogen-bond acceptors (Lipinski definition) is 3. The summed E-state index contributed by atoms with van der Waals surface area (Å²) >= 11 is 5.86. The van der Waals surface area contributed by atoms with E-state index in [4.69, 9.17) is 5.73 Å². The molecule has 0 spiro atoms. The van der Waals surface area contributed by atoms with Crippen LogP contribution in [0.2, 0.25) is 0 Å². The number of anilines is 1. The summed E-state index contributed by atoms with van der Waals surface area (Å²) in [6, 6.07) is 4.20. The summed E-state index contributed by atoms with van der Waals surface area (Å²) in [5.74, 6) is 0. The van der Waals surface area contributed by atoms with Gasteiger partial charge in [-0.2, -0.15) is 0 Å². The Bertz CT molecular complexity index is 771. The van der Waals surface area contributed by atoms with Crippen molar-refractivity contribution in [2.24, 2.45) is 0 Å². The Labute approximate surface area is 145 Å². The van der Waals surface area contributed by atoms with Gasteiger partial charge in [0, 0.05) is 35.0 Å². The molecule has 0 saturated carbocycles. The zero-order chi connectivity index (χ0) is 14.8. The fourth-order valence-electron chi connectivity index (χ4n) is 2.31. The standard InChI is InChI=1S/C15H14BrIN4/c16-12-7-11-14(20-8-13(17)15(11)18)6-10(12)2-1-4-21-5-3-19-9-21/h3,5-9H,1-2,4H2,(H2,18,20). The number of nitrogens with two attached hydrogens (primary N) is 1. The molecule has 0 amide bonds. The summed E-state index contributed by atoms with van der Waals surface area (Å²) in [5, 5.41) is 1.01. The van der Waals surface area contributed by atoms with Crippen LogP contribution >= 0.6 is 38.5 Å². The molecule has 3 aromatic rings. The molecule has 0 aliphatic carbocycles. The lowest BCUT2D eigenvalue weighted by atomic mass is 10.1. The molecule has 0 unspecified atom stereocenters. The van der Waals surface area contributed by atoms with Crippen LogP contribution in [0.1, 0.15) is 12.0 Å². The second kappa shape index (κ2) is 6.31. The topological polar surface area (TPSA) is 56.7 Å². The first-order chi connectivity index (χ1) is 10.1. The minimum Gasteiger partial charge on any atom is -0.397 e. The monoisotopic (exact) mass is 456 g/mol. The Balaban J connectivity index is 1.82. The zero-order valence-corrected chi connectivity index (χ0v) is 15.0. The first kappa shape index (κ1) is 14.8. The number of pyridine rings is 1. The Kier molecular flexibility index (Phi) is 4.44. The highest BCUT2D eigenvalue weighted by molar-refractivity contribution is 14.1. The lowest BCUT2D eigenvalue weighted by Crippen LogP contribution is -1.99. The number of aromatic nitrogens is 3. The molecule has 0 fully saturated rings. The molecule has 2 N–H and O–H groups in total. The molecule has 3 rings (SSSR count). The third-order valence-electron chi connectivity index (χ3n) is 3.45. The molecular formula is C15H14BrIN4. The number of nitrogens with zero attached hydrogens (tertiary/aromatic N) is 3. The second-order valence-corrected chi connectivity index (χ2v) is 6.90. The Hall–Kier alpha value is -1.15. The predicted molar refractivity (Wildman–Crippen MR) is 97.1 cm³/mol. The van der Waals surface area contributed by atoms with E-state index in [1.807, 2.05) is 18.7 Å². The second-order valence-electron chi connectivity index (χ2n) is 4.88. The number of aryl methyl sites for hydroxylation is 2. The van der Waals surface area contributed by atoms with E-state index in [9.17, 15) is 0 Å². The molecule has 2 heterocycles. The van der Waals surface area contributed by atoms with Crippen molar-refractivity contribution in [2.45, 2.75) is 19.4 Å². The summed E-state index contributed by atoms with van der Waals surface area (Å²) in [4.78, 5) is 8.53. The molecule has 108 valence electrons. The third-order valence-corrected chi connectivity index (χ3v) is 5.05. The molecule has 0 radical (unpaired) electrons. The van der Waals surface area contributed by atoms with E-state index in [0.29, 0.717) is 0 Å². The maximum atomic E-state index is 6.12. The maximum Gasteiger partial charge on any atom is 0.0945 e. The largest absolute Gasteiger partial charge is 0.397 e. The van der Waals surface area contributed by atoms with Gasteiger partial charge < -0.3 is 10.3 Å². The fourth-order valence-corrected chi connectivity index (χ4v) is 3.29. The van der Waals surface area contributed by atoms with E-state index in [1.54, 1.807) is 6.20 Å². The van der Waals surface area contributed by atoms with Gasteiger partial charge in [0.1, 0.15) is 0 Å². The number of hydrogen-bond donors (Lipinski definition) is 1.